The topological polar surface area (TPSA) is 63.8 Å². The number of nitrogens with one attached hydrogen (secondary N) is 1. The first-order valence-corrected chi connectivity index (χ1v) is 5.35. The third-order valence-corrected chi connectivity index (χ3v) is 2.25. The van der Waals surface area contributed by atoms with E-state index in [9.17, 15) is 0 Å². The lowest BCUT2D eigenvalue weighted by atomic mass is 10.2. The van der Waals surface area contributed by atoms with Crippen molar-refractivity contribution in [2.24, 2.45) is 5.73 Å². The molecule has 15 heavy (non-hydrogen) atoms. The van der Waals surface area contributed by atoms with Crippen LogP contribution in [-0.4, -0.2) is 23.1 Å². The van der Waals surface area contributed by atoms with Crippen LogP contribution in [0, 0.1) is 13.8 Å². The Bertz CT molecular complexity index is 310. The second kappa shape index (κ2) is 5.07. The van der Waals surface area contributed by atoms with Crippen LogP contribution in [0.2, 0.25) is 0 Å². The van der Waals surface area contributed by atoms with Crippen LogP contribution in [0.3, 0.4) is 0 Å². The molecule has 0 radical (unpaired) electrons. The van der Waals surface area contributed by atoms with Crippen molar-refractivity contribution in [3.63, 3.8) is 0 Å². The zero-order valence-electron chi connectivity index (χ0n) is 9.96. The largest absolute Gasteiger partial charge is 0.381 e. The molecule has 4 heteroatoms. The van der Waals surface area contributed by atoms with Gasteiger partial charge in [-0.15, -0.1) is 0 Å². The van der Waals surface area contributed by atoms with Crippen molar-refractivity contribution < 1.29 is 0 Å². The second-order valence-electron chi connectivity index (χ2n) is 4.00. The average Bonchev–Trinajstić information content (AvgIpc) is 2.16. The van der Waals surface area contributed by atoms with E-state index in [4.69, 9.17) is 5.73 Å². The van der Waals surface area contributed by atoms with Gasteiger partial charge in [-0.05, 0) is 13.8 Å². The van der Waals surface area contributed by atoms with Gasteiger partial charge in [-0.1, -0.05) is 13.8 Å². The normalized spacial score (nSPS) is 10.8. The van der Waals surface area contributed by atoms with Crippen LogP contribution in [0.4, 0.5) is 5.69 Å². The first kappa shape index (κ1) is 11.9. The molecule has 0 atom stereocenters. The van der Waals surface area contributed by atoms with Gasteiger partial charge in [0.1, 0.15) is 5.82 Å². The Labute approximate surface area is 91.3 Å². The van der Waals surface area contributed by atoms with Gasteiger partial charge in [0.25, 0.3) is 0 Å². The third kappa shape index (κ3) is 2.89. The number of nitrogens with two attached hydrogens (primary N) is 1. The van der Waals surface area contributed by atoms with E-state index in [2.05, 4.69) is 29.1 Å². The second-order valence-corrected chi connectivity index (χ2v) is 4.00. The summed E-state index contributed by atoms with van der Waals surface area (Å²) in [6, 6.07) is 0. The Morgan fingerprint density at radius 3 is 2.13 bits per heavy atom. The number of aromatic nitrogens is 2. The molecule has 0 fully saturated rings. The van der Waals surface area contributed by atoms with Crippen molar-refractivity contribution in [2.45, 2.75) is 33.6 Å². The van der Waals surface area contributed by atoms with Crippen molar-refractivity contribution in [3.8, 4) is 0 Å². The first-order chi connectivity index (χ1) is 7.06. The Morgan fingerprint density at radius 1 is 1.20 bits per heavy atom. The summed E-state index contributed by atoms with van der Waals surface area (Å²) in [6.45, 7) is 9.57. The maximum atomic E-state index is 5.45. The SMILES string of the molecule is Cc1nc(C(C)C)nc(C)c1NCCN. The quantitative estimate of drug-likeness (QED) is 0.788. The van der Waals surface area contributed by atoms with Crippen LogP contribution < -0.4 is 11.1 Å². The molecule has 0 spiro atoms. The van der Waals surface area contributed by atoms with E-state index in [-0.39, 0.29) is 0 Å². The minimum Gasteiger partial charge on any atom is -0.381 e. The molecule has 1 heterocycles. The standard InChI is InChI=1S/C11H20N4/c1-7(2)11-14-8(3)10(9(4)15-11)13-6-5-12/h7,13H,5-6,12H2,1-4H3. The predicted molar refractivity (Wildman–Crippen MR) is 63.1 cm³/mol. The first-order valence-electron chi connectivity index (χ1n) is 5.35. The Balaban J connectivity index is 2.99. The molecule has 0 saturated carbocycles. The van der Waals surface area contributed by atoms with Gasteiger partial charge < -0.3 is 11.1 Å². The van der Waals surface area contributed by atoms with Crippen LogP contribution in [0.25, 0.3) is 0 Å². The van der Waals surface area contributed by atoms with Gasteiger partial charge in [-0.25, -0.2) is 9.97 Å². The molecule has 1 aromatic heterocycles. The van der Waals surface area contributed by atoms with Crippen molar-refractivity contribution in [1.82, 2.24) is 9.97 Å². The minimum atomic E-state index is 0.367. The Hall–Kier alpha value is -1.16. The third-order valence-electron chi connectivity index (χ3n) is 2.25. The summed E-state index contributed by atoms with van der Waals surface area (Å²) >= 11 is 0. The lowest BCUT2D eigenvalue weighted by Gasteiger charge is -2.13. The maximum Gasteiger partial charge on any atom is 0.131 e. The molecule has 0 bridgehead atoms. The summed E-state index contributed by atoms with van der Waals surface area (Å²) in [5, 5.41) is 3.25. The number of anilines is 1. The molecule has 1 aromatic rings. The number of rotatable bonds is 4. The molecule has 0 aliphatic rings. The molecule has 0 aromatic carbocycles. The van der Waals surface area contributed by atoms with E-state index in [0.717, 1.165) is 29.4 Å². The number of nitrogens with zero attached hydrogens (tertiary/aromatic N) is 2. The van der Waals surface area contributed by atoms with E-state index in [0.29, 0.717) is 12.5 Å². The number of hydrogen-bond acceptors (Lipinski definition) is 4. The van der Waals surface area contributed by atoms with Crippen LogP contribution >= 0.6 is 0 Å². The van der Waals surface area contributed by atoms with E-state index < -0.39 is 0 Å². The van der Waals surface area contributed by atoms with Gasteiger partial charge >= 0.3 is 0 Å². The van der Waals surface area contributed by atoms with Gasteiger partial charge in [0.05, 0.1) is 17.1 Å². The van der Waals surface area contributed by atoms with Gasteiger partial charge in [-0.2, -0.15) is 0 Å². The van der Waals surface area contributed by atoms with Crippen molar-refractivity contribution in [2.75, 3.05) is 18.4 Å². The van der Waals surface area contributed by atoms with Crippen molar-refractivity contribution >= 4 is 5.69 Å². The highest BCUT2D eigenvalue weighted by Gasteiger charge is 2.09. The van der Waals surface area contributed by atoms with Gasteiger partial charge in [-0.3, -0.25) is 0 Å². The monoisotopic (exact) mass is 208 g/mol. The van der Waals surface area contributed by atoms with E-state index >= 15 is 0 Å². The highest BCUT2D eigenvalue weighted by atomic mass is 15.0. The molecule has 84 valence electrons. The summed E-state index contributed by atoms with van der Waals surface area (Å²) in [5.41, 5.74) is 8.47. The number of aryl methyl sites for hydroxylation is 2. The van der Waals surface area contributed by atoms with Crippen molar-refractivity contribution in [3.05, 3.63) is 17.2 Å². The van der Waals surface area contributed by atoms with Crippen LogP contribution in [0.5, 0.6) is 0 Å². The zero-order valence-corrected chi connectivity index (χ0v) is 9.96. The van der Waals surface area contributed by atoms with E-state index in [1.807, 2.05) is 13.8 Å². The molecule has 4 nitrogen and oxygen atoms in total. The lowest BCUT2D eigenvalue weighted by Crippen LogP contribution is -2.16. The summed E-state index contributed by atoms with van der Waals surface area (Å²) in [4.78, 5) is 8.94. The average molecular weight is 208 g/mol. The lowest BCUT2D eigenvalue weighted by molar-refractivity contribution is 0.758. The highest BCUT2D eigenvalue weighted by molar-refractivity contribution is 5.51. The maximum absolute atomic E-state index is 5.45. The fourth-order valence-electron chi connectivity index (χ4n) is 1.45. The smallest absolute Gasteiger partial charge is 0.131 e. The fourth-order valence-corrected chi connectivity index (χ4v) is 1.45. The highest BCUT2D eigenvalue weighted by Crippen LogP contribution is 2.19. The van der Waals surface area contributed by atoms with Gasteiger partial charge in [0, 0.05) is 19.0 Å². The fraction of sp³-hybridized carbons (Fsp3) is 0.636. The molecular formula is C11H20N4. The molecule has 0 amide bonds. The molecule has 0 aliphatic carbocycles. The predicted octanol–water partition coefficient (Wildman–Crippen LogP) is 1.59. The molecule has 0 aliphatic heterocycles. The van der Waals surface area contributed by atoms with Crippen LogP contribution in [-0.2, 0) is 0 Å². The Morgan fingerprint density at radius 2 is 1.73 bits per heavy atom. The van der Waals surface area contributed by atoms with E-state index in [1.54, 1.807) is 0 Å². The molecular weight excluding hydrogens is 188 g/mol. The molecule has 0 saturated heterocycles. The van der Waals surface area contributed by atoms with Gasteiger partial charge in [0.2, 0.25) is 0 Å². The zero-order chi connectivity index (χ0) is 11.4. The number of hydrogen-bond donors (Lipinski definition) is 2. The summed E-state index contributed by atoms with van der Waals surface area (Å²) < 4.78 is 0. The van der Waals surface area contributed by atoms with Crippen molar-refractivity contribution in [1.29, 1.82) is 0 Å². The van der Waals surface area contributed by atoms with Gasteiger partial charge in [0.15, 0.2) is 0 Å². The summed E-state index contributed by atoms with van der Waals surface area (Å²) in [6.07, 6.45) is 0. The summed E-state index contributed by atoms with van der Waals surface area (Å²) in [7, 11) is 0. The minimum absolute atomic E-state index is 0.367. The Kier molecular flexibility index (Phi) is 4.03. The van der Waals surface area contributed by atoms with Crippen LogP contribution in [0.1, 0.15) is 37.0 Å². The molecule has 3 N–H and O–H groups in total. The van der Waals surface area contributed by atoms with E-state index in [1.165, 1.54) is 0 Å². The molecule has 0 unspecified atom stereocenters. The summed E-state index contributed by atoms with van der Waals surface area (Å²) in [5.74, 6) is 1.27. The molecule has 1 rings (SSSR count). The van der Waals surface area contributed by atoms with Crippen LogP contribution in [0.15, 0.2) is 0 Å².